The van der Waals surface area contributed by atoms with Crippen molar-refractivity contribution >= 4 is 123 Å². The Morgan fingerprint density at radius 2 is 0.812 bits per heavy atom. The molecule has 2 aliphatic heterocycles. The number of anilines is 6. The molecule has 16 aromatic rings. The first-order valence-corrected chi connectivity index (χ1v) is 32.9. The second-order valence-electron chi connectivity index (χ2n) is 28.8. The molecule has 0 fully saturated rings. The average molecular weight is 1250 g/mol. The fourth-order valence-corrected chi connectivity index (χ4v) is 15.0. The molecule has 0 saturated heterocycles. The van der Waals surface area contributed by atoms with Crippen LogP contribution in [0.1, 0.15) is 96.8 Å². The maximum Gasteiger partial charge on any atom is 0.252 e. The summed E-state index contributed by atoms with van der Waals surface area (Å²) < 4.78 is 132. The summed E-state index contributed by atoms with van der Waals surface area (Å²) in [6.07, 6.45) is 0. The van der Waals surface area contributed by atoms with E-state index in [0.29, 0.717) is 39.5 Å². The molecule has 0 bridgehead atoms. The molecule has 2 aliphatic rings. The van der Waals surface area contributed by atoms with E-state index < -0.39 is 78.6 Å². The predicted octanol–water partition coefficient (Wildman–Crippen LogP) is 22.8. The number of hydrogen-bond acceptors (Lipinski definition) is 3. The molecule has 6 heteroatoms. The Labute approximate surface area is 580 Å². The van der Waals surface area contributed by atoms with Crippen molar-refractivity contribution in [1.29, 1.82) is 0 Å². The van der Waals surface area contributed by atoms with Crippen LogP contribution in [0.25, 0.3) is 110 Å². The Morgan fingerprint density at radius 3 is 1.39 bits per heavy atom. The lowest BCUT2D eigenvalue weighted by atomic mass is 9.33. The molecule has 0 atom stereocenters. The van der Waals surface area contributed by atoms with E-state index in [1.54, 1.807) is 4.57 Å². The van der Waals surface area contributed by atoms with Crippen LogP contribution in [0.2, 0.25) is 0 Å². The molecule has 0 saturated carbocycles. The summed E-state index contributed by atoms with van der Waals surface area (Å²) in [7, 11) is 0. The second-order valence-corrected chi connectivity index (χ2v) is 28.8. The molecule has 3 aromatic heterocycles. The van der Waals surface area contributed by atoms with Crippen molar-refractivity contribution in [2.75, 3.05) is 9.80 Å². The third-order valence-electron chi connectivity index (χ3n) is 19.9. The average Bonchev–Trinajstić information content (AvgIpc) is 0.986. The lowest BCUT2D eigenvalue weighted by molar-refractivity contribution is 0.590. The molecule has 13 aromatic carbocycles. The fraction of sp³-hybridized carbons (Fsp3) is 0.133. The van der Waals surface area contributed by atoms with Gasteiger partial charge in [0, 0.05) is 66.4 Å². The Hall–Kier alpha value is -11.1. The van der Waals surface area contributed by atoms with E-state index in [1.165, 1.54) is 11.1 Å². The van der Waals surface area contributed by atoms with Crippen molar-refractivity contribution in [2.45, 2.75) is 78.6 Å². The van der Waals surface area contributed by atoms with Gasteiger partial charge in [-0.2, -0.15) is 0 Å². The summed E-state index contributed by atoms with van der Waals surface area (Å²) >= 11 is 0. The minimum atomic E-state index is -0.646. The van der Waals surface area contributed by atoms with Gasteiger partial charge in [0.1, 0.15) is 0 Å². The van der Waals surface area contributed by atoms with Crippen molar-refractivity contribution in [3.8, 4) is 44.8 Å². The number of nitrogens with zero attached hydrogens (tertiary/aromatic N) is 4. The molecule has 0 amide bonds. The number of hydrogen-bond donors (Lipinski definition) is 0. The lowest BCUT2D eigenvalue weighted by Gasteiger charge is -2.45. The van der Waals surface area contributed by atoms with Gasteiger partial charge in [-0.05, 0) is 180 Å². The largest absolute Gasteiger partial charge is 0.452 e. The molecular weight excluding hydrogens is 1160 g/mol. The van der Waals surface area contributed by atoms with Crippen LogP contribution in [-0.4, -0.2) is 15.8 Å². The summed E-state index contributed by atoms with van der Waals surface area (Å²) in [4.78, 5) is 4.50. The zero-order chi connectivity index (χ0) is 76.4. The smallest absolute Gasteiger partial charge is 0.252 e. The highest BCUT2D eigenvalue weighted by Gasteiger charge is 2.45. The van der Waals surface area contributed by atoms with Crippen LogP contribution < -0.4 is 26.2 Å². The maximum absolute atomic E-state index is 9.68. The Balaban J connectivity index is 0.970. The van der Waals surface area contributed by atoms with Crippen LogP contribution in [-0.2, 0) is 16.2 Å². The highest BCUT2D eigenvalue weighted by molar-refractivity contribution is 7.00. The molecule has 18 rings (SSSR count). The summed E-state index contributed by atoms with van der Waals surface area (Å²) in [6.45, 7) is 19.3. The zero-order valence-corrected chi connectivity index (χ0v) is 54.8. The van der Waals surface area contributed by atoms with Gasteiger partial charge >= 0.3 is 0 Å². The predicted molar refractivity (Wildman–Crippen MR) is 409 cm³/mol. The van der Waals surface area contributed by atoms with E-state index >= 15 is 0 Å². The topological polar surface area (TPSA) is 29.5 Å². The lowest BCUT2D eigenvalue weighted by Crippen LogP contribution is -2.61. The quantitative estimate of drug-likeness (QED) is 0.149. The Bertz CT molecular complexity index is 6450. The Kier molecular flexibility index (Phi) is 10.0. The first-order chi connectivity index (χ1) is 51.9. The van der Waals surface area contributed by atoms with Crippen LogP contribution in [0.5, 0.6) is 0 Å². The van der Waals surface area contributed by atoms with E-state index in [9.17, 15) is 8.22 Å². The van der Waals surface area contributed by atoms with E-state index in [2.05, 4.69) is 198 Å². The molecule has 5 nitrogen and oxygen atoms in total. The number of rotatable bonds is 7. The van der Waals surface area contributed by atoms with Crippen molar-refractivity contribution in [1.82, 2.24) is 9.13 Å². The fourth-order valence-electron chi connectivity index (χ4n) is 15.0. The molecule has 5 heterocycles. The van der Waals surface area contributed by atoms with Crippen molar-refractivity contribution in [3.05, 3.63) is 295 Å². The van der Waals surface area contributed by atoms with Gasteiger partial charge in [0.15, 0.2) is 11.2 Å². The van der Waals surface area contributed by atoms with Gasteiger partial charge in [0.25, 0.3) is 6.71 Å². The standard InChI is InChI=1S/C90H73BN4O/c1-88(2,3)62-40-45-77-71(51-62)72-52-63(89(4,5)6)41-46-78(72)94(77)79-37-23-33-69-70-34-24-38-80(87(70)96-86(69)79)95-81-50-59(56-25-13-10-14-26-56)39-43-73(81)91-74-44-42-65(92-75-35-21-19-31-67(75)68-32-20-22-36-76(68)92)55-82(74)93(83-53-64(90(7,8)9)54-84(95)85(83)91)66-48-60(57-27-15-11-16-28-57)47-61(49-66)58-29-17-12-18-30-58/h10-55H,1-9H3/i10D,13D,14D,19D,20D,21D,22D,25D,26D,31D,32D,35D,36D. The minimum Gasteiger partial charge on any atom is -0.452 e. The van der Waals surface area contributed by atoms with Crippen LogP contribution in [0.3, 0.4) is 0 Å². The van der Waals surface area contributed by atoms with Gasteiger partial charge in [0.2, 0.25) is 0 Å². The molecular formula is C90H73BN4O. The third kappa shape index (κ3) is 8.98. The minimum absolute atomic E-state index is 0.0180. The number of para-hydroxylation sites is 4. The molecule has 0 radical (unpaired) electrons. The molecule has 0 N–H and O–H groups in total. The van der Waals surface area contributed by atoms with Gasteiger partial charge in [-0.1, -0.05) is 244 Å². The van der Waals surface area contributed by atoms with Crippen molar-refractivity contribution in [3.63, 3.8) is 0 Å². The van der Waals surface area contributed by atoms with Crippen LogP contribution >= 0.6 is 0 Å². The van der Waals surface area contributed by atoms with E-state index in [0.717, 1.165) is 99.5 Å². The van der Waals surface area contributed by atoms with Gasteiger partial charge in [-0.3, -0.25) is 0 Å². The zero-order valence-electron chi connectivity index (χ0n) is 67.8. The number of benzene rings is 13. The highest BCUT2D eigenvalue weighted by atomic mass is 16.3. The molecule has 0 unspecified atom stereocenters. The summed E-state index contributed by atoms with van der Waals surface area (Å²) in [5.41, 5.74) is 17.9. The maximum atomic E-state index is 9.68. The van der Waals surface area contributed by atoms with Crippen molar-refractivity contribution in [2.24, 2.45) is 0 Å². The first-order valence-electron chi connectivity index (χ1n) is 39.4. The SMILES string of the molecule is [2H]c1c([2H])c([2H])c(-c2ccc3c(c2)N(c2cccc4c2oc2c(-n5c6ccc(C(C)(C)C)cc6c6cc(C(C)(C)C)ccc65)cccc24)c2cc(C(C)(C)C)cc4c2B3c2ccc(-n3c5c([2H])c([2H])c([2H])c([2H])c5c5c([2H])c([2H])c([2H])c([2H])c53)cc2N4c2cc(-c3ccccc3)cc(-c3ccccc3)c2)c([2H])c1[2H]. The van der Waals surface area contributed by atoms with E-state index in [4.69, 9.17) is 14.0 Å². The summed E-state index contributed by atoms with van der Waals surface area (Å²) in [6, 6.07) is 63.2. The second kappa shape index (κ2) is 21.2. The van der Waals surface area contributed by atoms with Gasteiger partial charge in [-0.15, -0.1) is 0 Å². The number of fused-ring (bicyclic) bond motifs is 13. The van der Waals surface area contributed by atoms with E-state index in [1.807, 2.05) is 78.9 Å². The monoisotopic (exact) mass is 1250 g/mol. The summed E-state index contributed by atoms with van der Waals surface area (Å²) in [5, 5.41) is 3.91. The Morgan fingerprint density at radius 1 is 0.302 bits per heavy atom. The summed E-state index contributed by atoms with van der Waals surface area (Å²) in [5.74, 6) is 0. The van der Waals surface area contributed by atoms with Gasteiger partial charge in [-0.25, -0.2) is 0 Å². The van der Waals surface area contributed by atoms with Gasteiger partial charge in [0.05, 0.1) is 51.3 Å². The number of aromatic nitrogens is 2. The molecule has 462 valence electrons. The normalized spacial score (nSPS) is 15.1. The van der Waals surface area contributed by atoms with E-state index in [-0.39, 0.29) is 50.3 Å². The molecule has 0 spiro atoms. The first kappa shape index (κ1) is 45.3. The van der Waals surface area contributed by atoms with Gasteiger partial charge < -0.3 is 23.4 Å². The number of furan rings is 1. The molecule has 0 aliphatic carbocycles. The van der Waals surface area contributed by atoms with Crippen molar-refractivity contribution < 1.29 is 22.2 Å². The highest BCUT2D eigenvalue weighted by Crippen LogP contribution is 2.52. The third-order valence-corrected chi connectivity index (χ3v) is 19.9. The van der Waals surface area contributed by atoms with Crippen LogP contribution in [0.15, 0.2) is 283 Å². The van der Waals surface area contributed by atoms with Crippen LogP contribution in [0, 0.1) is 0 Å². The van der Waals surface area contributed by atoms with Crippen LogP contribution in [0.4, 0.5) is 34.1 Å². The molecule has 96 heavy (non-hydrogen) atoms.